The molecule has 7 nitrogen and oxygen atoms in total. The summed E-state index contributed by atoms with van der Waals surface area (Å²) in [5, 5.41) is 2.90. The van der Waals surface area contributed by atoms with E-state index in [0.29, 0.717) is 39.0 Å². The van der Waals surface area contributed by atoms with Gasteiger partial charge in [-0.3, -0.25) is 14.4 Å². The van der Waals surface area contributed by atoms with E-state index in [1.54, 1.807) is 23.8 Å². The lowest BCUT2D eigenvalue weighted by Crippen LogP contribution is -2.50. The number of piperidine rings is 1. The number of carbonyl (C=O) groups is 3. The molecule has 2 aliphatic heterocycles. The molecule has 0 aliphatic carbocycles. The minimum absolute atomic E-state index is 0.0151. The largest absolute Gasteiger partial charge is 0.365 e. The number of morpholine rings is 1. The number of likely N-dealkylation sites (N-methyl/N-ethyl adjacent to an activating group) is 1. The van der Waals surface area contributed by atoms with Crippen LogP contribution in [0, 0.1) is 5.92 Å². The molecule has 2 rings (SSSR count). The van der Waals surface area contributed by atoms with Crippen LogP contribution in [-0.4, -0.2) is 73.5 Å². The zero-order chi connectivity index (χ0) is 15.4. The Balaban J connectivity index is 1.71. The fourth-order valence-corrected chi connectivity index (χ4v) is 2.70. The van der Waals surface area contributed by atoms with Crippen molar-refractivity contribution in [1.29, 1.82) is 0 Å². The zero-order valence-corrected chi connectivity index (χ0v) is 12.6. The van der Waals surface area contributed by atoms with Gasteiger partial charge in [0.15, 0.2) is 0 Å². The minimum atomic E-state index is -0.144. The van der Waals surface area contributed by atoms with Crippen LogP contribution in [0.5, 0.6) is 0 Å². The van der Waals surface area contributed by atoms with Crippen LogP contribution < -0.4 is 5.32 Å². The Kier molecular flexibility index (Phi) is 5.17. The van der Waals surface area contributed by atoms with Crippen LogP contribution in [0.1, 0.15) is 19.8 Å². The third-order valence-corrected chi connectivity index (χ3v) is 4.16. The number of amides is 3. The first-order valence-electron chi connectivity index (χ1n) is 7.36. The summed E-state index contributed by atoms with van der Waals surface area (Å²) >= 11 is 0. The quantitative estimate of drug-likeness (QED) is 0.741. The predicted octanol–water partition coefficient (Wildman–Crippen LogP) is -0.782. The molecule has 3 amide bonds. The Hall–Kier alpha value is -1.63. The zero-order valence-electron chi connectivity index (χ0n) is 12.6. The van der Waals surface area contributed by atoms with E-state index in [1.165, 1.54) is 0 Å². The number of rotatable bonds is 3. The van der Waals surface area contributed by atoms with Gasteiger partial charge in [-0.05, 0) is 12.8 Å². The maximum Gasteiger partial charge on any atom is 0.248 e. The second kappa shape index (κ2) is 6.89. The molecule has 2 heterocycles. The van der Waals surface area contributed by atoms with Crippen molar-refractivity contribution >= 4 is 17.7 Å². The van der Waals surface area contributed by atoms with Gasteiger partial charge in [0, 0.05) is 46.1 Å². The third-order valence-electron chi connectivity index (χ3n) is 4.16. The second-order valence-corrected chi connectivity index (χ2v) is 5.73. The molecule has 118 valence electrons. The fraction of sp³-hybridized carbons (Fsp3) is 0.786. The highest BCUT2D eigenvalue weighted by Gasteiger charge is 2.28. The van der Waals surface area contributed by atoms with Crippen molar-refractivity contribution < 1.29 is 19.1 Å². The Morgan fingerprint density at radius 3 is 2.57 bits per heavy atom. The Morgan fingerprint density at radius 2 is 2.00 bits per heavy atom. The van der Waals surface area contributed by atoms with Crippen LogP contribution in [0.4, 0.5) is 0 Å². The van der Waals surface area contributed by atoms with Crippen LogP contribution in [-0.2, 0) is 19.1 Å². The molecular formula is C14H23N3O4. The van der Waals surface area contributed by atoms with Crippen LogP contribution in [0.25, 0.3) is 0 Å². The predicted molar refractivity (Wildman–Crippen MR) is 75.4 cm³/mol. The molecule has 0 aromatic carbocycles. The summed E-state index contributed by atoms with van der Waals surface area (Å²) < 4.78 is 5.39. The lowest BCUT2D eigenvalue weighted by Gasteiger charge is -2.32. The molecule has 2 fully saturated rings. The maximum absolute atomic E-state index is 12.1. The van der Waals surface area contributed by atoms with E-state index >= 15 is 0 Å². The standard InChI is InChI=1S/C14H23N3O4/c1-10(18)17-5-3-11(4-6-17)14(20)15-7-12-8-16(2)13(19)9-21-12/h11-12H,3-9H2,1-2H3,(H,15,20). The van der Waals surface area contributed by atoms with E-state index < -0.39 is 0 Å². The molecule has 0 radical (unpaired) electrons. The van der Waals surface area contributed by atoms with Gasteiger partial charge in [0.05, 0.1) is 6.10 Å². The summed E-state index contributed by atoms with van der Waals surface area (Å²) in [5.74, 6) is 0.0104. The Bertz CT molecular complexity index is 418. The van der Waals surface area contributed by atoms with Crippen LogP contribution in [0.2, 0.25) is 0 Å². The number of carbonyl (C=O) groups excluding carboxylic acids is 3. The molecule has 1 N–H and O–H groups in total. The van der Waals surface area contributed by atoms with E-state index in [0.717, 1.165) is 0 Å². The first-order valence-corrected chi connectivity index (χ1v) is 7.36. The smallest absolute Gasteiger partial charge is 0.248 e. The number of hydrogen-bond donors (Lipinski definition) is 1. The van der Waals surface area contributed by atoms with Gasteiger partial charge in [0.25, 0.3) is 0 Å². The number of hydrogen-bond acceptors (Lipinski definition) is 4. The van der Waals surface area contributed by atoms with Gasteiger partial charge in [-0.15, -0.1) is 0 Å². The first-order chi connectivity index (χ1) is 9.97. The molecule has 2 aliphatic rings. The molecule has 0 bridgehead atoms. The summed E-state index contributed by atoms with van der Waals surface area (Å²) in [6.45, 7) is 3.84. The van der Waals surface area contributed by atoms with Crippen molar-refractivity contribution in [2.75, 3.05) is 39.8 Å². The van der Waals surface area contributed by atoms with E-state index in [-0.39, 0.29) is 36.4 Å². The minimum Gasteiger partial charge on any atom is -0.365 e. The van der Waals surface area contributed by atoms with Gasteiger partial charge < -0.3 is 19.9 Å². The van der Waals surface area contributed by atoms with E-state index in [1.807, 2.05) is 0 Å². The third kappa shape index (κ3) is 4.17. The summed E-state index contributed by atoms with van der Waals surface area (Å²) in [6.07, 6.45) is 1.26. The summed E-state index contributed by atoms with van der Waals surface area (Å²) in [6, 6.07) is 0. The molecule has 0 aromatic heterocycles. The average Bonchev–Trinajstić information content (AvgIpc) is 2.48. The van der Waals surface area contributed by atoms with Crippen molar-refractivity contribution in [3.8, 4) is 0 Å². The van der Waals surface area contributed by atoms with Gasteiger partial charge in [-0.25, -0.2) is 0 Å². The highest BCUT2D eigenvalue weighted by molar-refractivity contribution is 5.80. The van der Waals surface area contributed by atoms with Crippen molar-refractivity contribution in [2.45, 2.75) is 25.9 Å². The normalized spacial score (nSPS) is 24.1. The number of nitrogens with zero attached hydrogens (tertiary/aromatic N) is 2. The Morgan fingerprint density at radius 1 is 1.33 bits per heavy atom. The maximum atomic E-state index is 12.1. The summed E-state index contributed by atoms with van der Waals surface area (Å²) in [5.41, 5.74) is 0. The second-order valence-electron chi connectivity index (χ2n) is 5.73. The fourth-order valence-electron chi connectivity index (χ4n) is 2.70. The molecule has 21 heavy (non-hydrogen) atoms. The molecule has 7 heteroatoms. The van der Waals surface area contributed by atoms with Crippen LogP contribution in [0.15, 0.2) is 0 Å². The lowest BCUT2D eigenvalue weighted by atomic mass is 9.96. The van der Waals surface area contributed by atoms with Gasteiger partial charge in [-0.2, -0.15) is 0 Å². The summed E-state index contributed by atoms with van der Waals surface area (Å²) in [4.78, 5) is 38.0. The molecule has 1 atom stereocenters. The number of ether oxygens (including phenoxy) is 1. The highest BCUT2D eigenvalue weighted by atomic mass is 16.5. The van der Waals surface area contributed by atoms with Gasteiger partial charge in [-0.1, -0.05) is 0 Å². The average molecular weight is 297 g/mol. The van der Waals surface area contributed by atoms with E-state index in [2.05, 4.69) is 5.32 Å². The summed E-state index contributed by atoms with van der Waals surface area (Å²) in [7, 11) is 1.73. The van der Waals surface area contributed by atoms with Crippen molar-refractivity contribution in [3.63, 3.8) is 0 Å². The van der Waals surface area contributed by atoms with Crippen molar-refractivity contribution in [1.82, 2.24) is 15.1 Å². The van der Waals surface area contributed by atoms with Gasteiger partial charge in [0.1, 0.15) is 6.61 Å². The lowest BCUT2D eigenvalue weighted by molar-refractivity contribution is -0.147. The molecular weight excluding hydrogens is 274 g/mol. The molecule has 1 unspecified atom stereocenters. The number of likely N-dealkylation sites (tertiary alicyclic amines) is 1. The van der Waals surface area contributed by atoms with E-state index in [9.17, 15) is 14.4 Å². The number of nitrogens with one attached hydrogen (secondary N) is 1. The van der Waals surface area contributed by atoms with Gasteiger partial charge >= 0.3 is 0 Å². The highest BCUT2D eigenvalue weighted by Crippen LogP contribution is 2.17. The van der Waals surface area contributed by atoms with Crippen LogP contribution in [0.3, 0.4) is 0 Å². The topological polar surface area (TPSA) is 79.0 Å². The van der Waals surface area contributed by atoms with Crippen molar-refractivity contribution in [2.24, 2.45) is 5.92 Å². The molecule has 0 saturated carbocycles. The monoisotopic (exact) mass is 297 g/mol. The van der Waals surface area contributed by atoms with Crippen LogP contribution >= 0.6 is 0 Å². The molecule has 2 saturated heterocycles. The van der Waals surface area contributed by atoms with E-state index in [4.69, 9.17) is 4.74 Å². The SMILES string of the molecule is CC(=O)N1CCC(C(=O)NCC2CN(C)C(=O)CO2)CC1. The Labute approximate surface area is 124 Å². The van der Waals surface area contributed by atoms with Gasteiger partial charge in [0.2, 0.25) is 17.7 Å². The first kappa shape index (κ1) is 15.8. The molecule has 0 spiro atoms. The van der Waals surface area contributed by atoms with Crippen molar-refractivity contribution in [3.05, 3.63) is 0 Å². The molecule has 0 aromatic rings.